The molecule has 1 aromatic rings. The van der Waals surface area contributed by atoms with Crippen LogP contribution in [0.4, 0.5) is 0 Å². The van der Waals surface area contributed by atoms with Crippen molar-refractivity contribution in [2.24, 2.45) is 0 Å². The van der Waals surface area contributed by atoms with Crippen LogP contribution < -0.4 is 0 Å². The number of nitrogens with zero attached hydrogens (tertiary/aromatic N) is 4. The summed E-state index contributed by atoms with van der Waals surface area (Å²) < 4.78 is 11.9. The lowest BCUT2D eigenvalue weighted by Gasteiger charge is -2.43. The SMILES string of the molecule is CC(C)N1CCOC[C@]2(CN(C(=O)c3cnccn3)CCO2)C1. The molecule has 1 amide bonds. The van der Waals surface area contributed by atoms with Crippen LogP contribution in [0, 0.1) is 0 Å². The molecule has 1 spiro atoms. The summed E-state index contributed by atoms with van der Waals surface area (Å²) in [5.41, 5.74) is -0.0866. The lowest BCUT2D eigenvalue weighted by molar-refractivity contribution is -0.134. The highest BCUT2D eigenvalue weighted by molar-refractivity contribution is 5.92. The van der Waals surface area contributed by atoms with Crippen LogP contribution in [0.15, 0.2) is 18.6 Å². The predicted molar refractivity (Wildman–Crippen MR) is 84.1 cm³/mol. The van der Waals surface area contributed by atoms with Crippen LogP contribution in [0.25, 0.3) is 0 Å². The maximum Gasteiger partial charge on any atom is 0.274 e. The third kappa shape index (κ3) is 3.68. The van der Waals surface area contributed by atoms with Crippen LogP contribution in [0.5, 0.6) is 0 Å². The average molecular weight is 320 g/mol. The fourth-order valence-corrected chi connectivity index (χ4v) is 3.15. The average Bonchev–Trinajstić information content (AvgIpc) is 2.78. The Balaban J connectivity index is 1.75. The number of ether oxygens (including phenoxy) is 2. The van der Waals surface area contributed by atoms with Gasteiger partial charge in [-0.05, 0) is 13.8 Å². The van der Waals surface area contributed by atoms with Gasteiger partial charge in [0.15, 0.2) is 0 Å². The number of aromatic nitrogens is 2. The third-order valence-corrected chi connectivity index (χ3v) is 4.43. The molecule has 0 aliphatic carbocycles. The van der Waals surface area contributed by atoms with Crippen molar-refractivity contribution in [1.29, 1.82) is 0 Å². The monoisotopic (exact) mass is 320 g/mol. The van der Waals surface area contributed by atoms with Gasteiger partial charge in [0.25, 0.3) is 5.91 Å². The Bertz CT molecular complexity index is 539. The molecule has 0 bridgehead atoms. The Labute approximate surface area is 136 Å². The molecule has 2 aliphatic heterocycles. The third-order valence-electron chi connectivity index (χ3n) is 4.43. The molecule has 0 aromatic carbocycles. The minimum absolute atomic E-state index is 0.0962. The maximum atomic E-state index is 12.6. The molecular weight excluding hydrogens is 296 g/mol. The van der Waals surface area contributed by atoms with Gasteiger partial charge in [0, 0.05) is 38.1 Å². The summed E-state index contributed by atoms with van der Waals surface area (Å²) in [5.74, 6) is -0.0962. The zero-order chi connectivity index (χ0) is 16.3. The van der Waals surface area contributed by atoms with E-state index in [9.17, 15) is 4.79 Å². The number of amides is 1. The zero-order valence-electron chi connectivity index (χ0n) is 13.8. The fraction of sp³-hybridized carbons (Fsp3) is 0.688. The Hall–Kier alpha value is -1.57. The van der Waals surface area contributed by atoms with Crippen LogP contribution in [-0.2, 0) is 9.47 Å². The van der Waals surface area contributed by atoms with E-state index in [1.807, 2.05) is 0 Å². The smallest absolute Gasteiger partial charge is 0.274 e. The molecule has 2 aliphatic rings. The van der Waals surface area contributed by atoms with E-state index < -0.39 is 5.60 Å². The highest BCUT2D eigenvalue weighted by Crippen LogP contribution is 2.24. The summed E-state index contributed by atoms with van der Waals surface area (Å²) in [6.45, 7) is 8.82. The number of hydrogen-bond donors (Lipinski definition) is 0. The van der Waals surface area contributed by atoms with Crippen molar-refractivity contribution in [3.8, 4) is 0 Å². The Morgan fingerprint density at radius 3 is 2.87 bits per heavy atom. The first-order chi connectivity index (χ1) is 11.1. The van der Waals surface area contributed by atoms with Crippen LogP contribution in [0.2, 0.25) is 0 Å². The summed E-state index contributed by atoms with van der Waals surface area (Å²) in [6.07, 6.45) is 4.62. The second-order valence-corrected chi connectivity index (χ2v) is 6.47. The fourth-order valence-electron chi connectivity index (χ4n) is 3.15. The molecule has 0 saturated carbocycles. The van der Waals surface area contributed by atoms with Crippen LogP contribution >= 0.6 is 0 Å². The highest BCUT2D eigenvalue weighted by atomic mass is 16.5. The quantitative estimate of drug-likeness (QED) is 0.787. The molecule has 23 heavy (non-hydrogen) atoms. The van der Waals surface area contributed by atoms with Crippen molar-refractivity contribution in [2.75, 3.05) is 46.0 Å². The molecule has 3 heterocycles. The van der Waals surface area contributed by atoms with E-state index >= 15 is 0 Å². The van der Waals surface area contributed by atoms with Gasteiger partial charge in [-0.2, -0.15) is 0 Å². The molecule has 1 atom stereocenters. The van der Waals surface area contributed by atoms with Crippen molar-refractivity contribution < 1.29 is 14.3 Å². The first-order valence-electron chi connectivity index (χ1n) is 8.11. The molecule has 3 rings (SSSR count). The Morgan fingerprint density at radius 1 is 1.26 bits per heavy atom. The van der Waals surface area contributed by atoms with Gasteiger partial charge in [-0.3, -0.25) is 14.7 Å². The number of hydrogen-bond acceptors (Lipinski definition) is 6. The van der Waals surface area contributed by atoms with E-state index in [1.165, 1.54) is 6.20 Å². The van der Waals surface area contributed by atoms with Crippen molar-refractivity contribution in [1.82, 2.24) is 19.8 Å². The summed E-state index contributed by atoms with van der Waals surface area (Å²) in [7, 11) is 0. The minimum Gasteiger partial charge on any atom is -0.377 e. The van der Waals surface area contributed by atoms with Gasteiger partial charge in [-0.1, -0.05) is 0 Å². The molecular formula is C16H24N4O3. The minimum atomic E-state index is -0.461. The van der Waals surface area contributed by atoms with Crippen molar-refractivity contribution in [2.45, 2.75) is 25.5 Å². The topological polar surface area (TPSA) is 67.8 Å². The normalized spacial score (nSPS) is 26.5. The van der Waals surface area contributed by atoms with Crippen molar-refractivity contribution in [3.05, 3.63) is 24.3 Å². The summed E-state index contributed by atoms with van der Waals surface area (Å²) in [6, 6.07) is 0.420. The molecule has 7 heteroatoms. The zero-order valence-corrected chi connectivity index (χ0v) is 13.8. The van der Waals surface area contributed by atoms with E-state index in [2.05, 4.69) is 28.7 Å². The molecule has 7 nitrogen and oxygen atoms in total. The lowest BCUT2D eigenvalue weighted by atomic mass is 10.0. The van der Waals surface area contributed by atoms with E-state index in [1.54, 1.807) is 17.3 Å². The van der Waals surface area contributed by atoms with Gasteiger partial charge < -0.3 is 14.4 Å². The van der Waals surface area contributed by atoms with E-state index in [-0.39, 0.29) is 5.91 Å². The van der Waals surface area contributed by atoms with E-state index in [0.29, 0.717) is 44.6 Å². The van der Waals surface area contributed by atoms with Gasteiger partial charge in [0.1, 0.15) is 11.3 Å². The summed E-state index contributed by atoms with van der Waals surface area (Å²) in [5, 5.41) is 0. The first kappa shape index (κ1) is 16.3. The molecule has 0 N–H and O–H groups in total. The standard InChI is InChI=1S/C16H24N4O3/c1-13(2)19-5-7-22-12-16(10-19)11-20(6-8-23-16)15(21)14-9-17-3-4-18-14/h3-4,9,13H,5-8,10-12H2,1-2H3/t16-/m1/s1. The number of morpholine rings is 1. The predicted octanol–water partition coefficient (Wildman–Crippen LogP) is 0.428. The van der Waals surface area contributed by atoms with Crippen LogP contribution in [0.3, 0.4) is 0 Å². The molecule has 0 unspecified atom stereocenters. The summed E-state index contributed by atoms with van der Waals surface area (Å²) >= 11 is 0. The van der Waals surface area contributed by atoms with Crippen molar-refractivity contribution in [3.63, 3.8) is 0 Å². The van der Waals surface area contributed by atoms with Gasteiger partial charge in [0.2, 0.25) is 0 Å². The van der Waals surface area contributed by atoms with Crippen molar-refractivity contribution >= 4 is 5.91 Å². The first-order valence-corrected chi connectivity index (χ1v) is 8.11. The number of carbonyl (C=O) groups excluding carboxylic acids is 1. The largest absolute Gasteiger partial charge is 0.377 e. The highest BCUT2D eigenvalue weighted by Gasteiger charge is 2.42. The Kier molecular flexibility index (Phi) is 4.89. The molecule has 0 radical (unpaired) electrons. The molecule has 2 saturated heterocycles. The Morgan fingerprint density at radius 2 is 2.13 bits per heavy atom. The second kappa shape index (κ2) is 6.90. The summed E-state index contributed by atoms with van der Waals surface area (Å²) in [4.78, 5) is 24.9. The lowest BCUT2D eigenvalue weighted by Crippen LogP contribution is -2.60. The van der Waals surface area contributed by atoms with Gasteiger partial charge >= 0.3 is 0 Å². The molecule has 1 aromatic heterocycles. The van der Waals surface area contributed by atoms with Gasteiger partial charge in [-0.15, -0.1) is 0 Å². The van der Waals surface area contributed by atoms with Gasteiger partial charge in [0.05, 0.1) is 32.6 Å². The van der Waals surface area contributed by atoms with E-state index in [0.717, 1.165) is 13.1 Å². The van der Waals surface area contributed by atoms with E-state index in [4.69, 9.17) is 9.47 Å². The van der Waals surface area contributed by atoms with Crippen LogP contribution in [0.1, 0.15) is 24.3 Å². The molecule has 2 fully saturated rings. The number of carbonyl (C=O) groups is 1. The molecule has 126 valence electrons. The van der Waals surface area contributed by atoms with Gasteiger partial charge in [-0.25, -0.2) is 4.98 Å². The second-order valence-electron chi connectivity index (χ2n) is 6.47. The maximum absolute atomic E-state index is 12.6. The number of rotatable bonds is 2. The van der Waals surface area contributed by atoms with Crippen LogP contribution in [-0.4, -0.2) is 83.3 Å².